The number of hydrogen-bond acceptors (Lipinski definition) is 1. The highest BCUT2D eigenvalue weighted by Crippen LogP contribution is 2.32. The lowest BCUT2D eigenvalue weighted by Crippen LogP contribution is -1.98. The van der Waals surface area contributed by atoms with Crippen molar-refractivity contribution in [1.29, 1.82) is 0 Å². The quantitative estimate of drug-likeness (QED) is 0.743. The van der Waals surface area contributed by atoms with Crippen molar-refractivity contribution in [3.63, 3.8) is 0 Å². The maximum Gasteiger partial charge on any atom is 0.159 e. The molecule has 1 heteroatoms. The van der Waals surface area contributed by atoms with E-state index >= 15 is 0 Å². The molecule has 0 bridgehead atoms. The van der Waals surface area contributed by atoms with Crippen LogP contribution < -0.4 is 0 Å². The second kappa shape index (κ2) is 5.11. The average Bonchev–Trinajstić information content (AvgIpc) is 2.69. The van der Waals surface area contributed by atoms with Crippen LogP contribution in [0.2, 0.25) is 0 Å². The standard InChI is InChI=1S/C15H18O/c1-2-3-7-13-10-14(11-15(13)16)12-8-5-4-6-9-12/h4-6,8-10,14H,2-3,7,11H2,1H3. The van der Waals surface area contributed by atoms with Crippen LogP contribution in [0.3, 0.4) is 0 Å². The molecule has 0 amide bonds. The molecule has 1 aliphatic carbocycles. The summed E-state index contributed by atoms with van der Waals surface area (Å²) in [7, 11) is 0. The lowest BCUT2D eigenvalue weighted by molar-refractivity contribution is -0.115. The van der Waals surface area contributed by atoms with Crippen LogP contribution in [-0.4, -0.2) is 5.78 Å². The third-order valence-electron chi connectivity index (χ3n) is 3.19. The smallest absolute Gasteiger partial charge is 0.159 e. The van der Waals surface area contributed by atoms with E-state index in [0.29, 0.717) is 18.1 Å². The third-order valence-corrected chi connectivity index (χ3v) is 3.19. The number of benzene rings is 1. The van der Waals surface area contributed by atoms with Crippen LogP contribution in [0.1, 0.15) is 44.1 Å². The highest BCUT2D eigenvalue weighted by Gasteiger charge is 2.24. The molecule has 0 fully saturated rings. The second-order valence-corrected chi connectivity index (χ2v) is 4.44. The fourth-order valence-electron chi connectivity index (χ4n) is 2.23. The highest BCUT2D eigenvalue weighted by molar-refractivity contribution is 5.98. The minimum Gasteiger partial charge on any atom is -0.295 e. The van der Waals surface area contributed by atoms with Gasteiger partial charge in [-0.1, -0.05) is 49.8 Å². The largest absolute Gasteiger partial charge is 0.295 e. The van der Waals surface area contributed by atoms with Crippen molar-refractivity contribution in [3.05, 3.63) is 47.5 Å². The first-order valence-corrected chi connectivity index (χ1v) is 6.10. The van der Waals surface area contributed by atoms with Crippen molar-refractivity contribution in [2.45, 2.75) is 38.5 Å². The first kappa shape index (κ1) is 11.1. The molecule has 2 rings (SSSR count). The number of carbonyl (C=O) groups excluding carboxylic acids is 1. The van der Waals surface area contributed by atoms with E-state index in [9.17, 15) is 4.79 Å². The molecule has 1 aromatic carbocycles. The number of unbranched alkanes of at least 4 members (excludes halogenated alkanes) is 1. The van der Waals surface area contributed by atoms with Gasteiger partial charge in [0.05, 0.1) is 0 Å². The Hall–Kier alpha value is -1.37. The van der Waals surface area contributed by atoms with Crippen LogP contribution in [0.25, 0.3) is 0 Å². The lowest BCUT2D eigenvalue weighted by Gasteiger charge is -2.05. The fourth-order valence-corrected chi connectivity index (χ4v) is 2.23. The Kier molecular flexibility index (Phi) is 3.55. The van der Waals surface area contributed by atoms with Gasteiger partial charge in [-0.3, -0.25) is 4.79 Å². The van der Waals surface area contributed by atoms with Crippen molar-refractivity contribution in [2.24, 2.45) is 0 Å². The third kappa shape index (κ3) is 2.41. The summed E-state index contributed by atoms with van der Waals surface area (Å²) in [5, 5.41) is 0. The zero-order chi connectivity index (χ0) is 11.4. The maximum atomic E-state index is 11.8. The minimum atomic E-state index is 0.320. The molecule has 1 aliphatic rings. The van der Waals surface area contributed by atoms with Gasteiger partial charge in [0.25, 0.3) is 0 Å². The number of carbonyl (C=O) groups is 1. The van der Waals surface area contributed by atoms with Crippen LogP contribution in [-0.2, 0) is 4.79 Å². The Morgan fingerprint density at radius 3 is 2.69 bits per heavy atom. The summed E-state index contributed by atoms with van der Waals surface area (Å²) >= 11 is 0. The molecular formula is C15H18O. The number of rotatable bonds is 4. The van der Waals surface area contributed by atoms with E-state index in [1.807, 2.05) is 18.2 Å². The first-order chi connectivity index (χ1) is 7.81. The van der Waals surface area contributed by atoms with E-state index in [1.165, 1.54) is 5.56 Å². The predicted molar refractivity (Wildman–Crippen MR) is 66.4 cm³/mol. The van der Waals surface area contributed by atoms with Gasteiger partial charge in [0, 0.05) is 12.3 Å². The summed E-state index contributed by atoms with van der Waals surface area (Å²) in [6, 6.07) is 10.3. The van der Waals surface area contributed by atoms with Gasteiger partial charge in [-0.15, -0.1) is 0 Å². The normalized spacial score (nSPS) is 19.9. The molecule has 84 valence electrons. The Bertz CT molecular complexity index is 389. The minimum absolute atomic E-state index is 0.320. The Balaban J connectivity index is 2.10. The number of Topliss-reactive ketones (excluding diaryl/α,β-unsaturated/α-hetero) is 1. The van der Waals surface area contributed by atoms with Crippen LogP contribution in [0.15, 0.2) is 42.0 Å². The molecule has 1 aromatic rings. The van der Waals surface area contributed by atoms with Gasteiger partial charge < -0.3 is 0 Å². The van der Waals surface area contributed by atoms with E-state index < -0.39 is 0 Å². The van der Waals surface area contributed by atoms with Crippen LogP contribution in [0.5, 0.6) is 0 Å². The molecule has 1 atom stereocenters. The molecule has 0 aliphatic heterocycles. The zero-order valence-corrected chi connectivity index (χ0v) is 9.78. The van der Waals surface area contributed by atoms with Gasteiger partial charge in [0.15, 0.2) is 5.78 Å². The Labute approximate surface area is 97.2 Å². The van der Waals surface area contributed by atoms with Crippen molar-refractivity contribution in [1.82, 2.24) is 0 Å². The van der Waals surface area contributed by atoms with Gasteiger partial charge in [0.1, 0.15) is 0 Å². The summed E-state index contributed by atoms with van der Waals surface area (Å²) in [6.07, 6.45) is 6.08. The molecule has 0 radical (unpaired) electrons. The fraction of sp³-hybridized carbons (Fsp3) is 0.400. The van der Waals surface area contributed by atoms with Gasteiger partial charge in [-0.05, 0) is 24.0 Å². The van der Waals surface area contributed by atoms with E-state index in [1.54, 1.807) is 0 Å². The lowest BCUT2D eigenvalue weighted by atomic mass is 9.99. The Morgan fingerprint density at radius 1 is 1.25 bits per heavy atom. The number of allylic oxidation sites excluding steroid dienone is 2. The summed E-state index contributed by atoms with van der Waals surface area (Å²) in [6.45, 7) is 2.16. The molecule has 0 saturated carbocycles. The molecule has 0 saturated heterocycles. The van der Waals surface area contributed by atoms with Crippen molar-refractivity contribution in [3.8, 4) is 0 Å². The number of hydrogen-bond donors (Lipinski definition) is 0. The molecule has 1 unspecified atom stereocenters. The first-order valence-electron chi connectivity index (χ1n) is 6.10. The summed E-state index contributed by atoms with van der Waals surface area (Å²) in [4.78, 5) is 11.8. The topological polar surface area (TPSA) is 17.1 Å². The molecular weight excluding hydrogens is 196 g/mol. The summed E-state index contributed by atoms with van der Waals surface area (Å²) < 4.78 is 0. The average molecular weight is 214 g/mol. The van der Waals surface area contributed by atoms with Crippen molar-refractivity contribution >= 4 is 5.78 Å². The SMILES string of the molecule is CCCCC1=CC(c2ccccc2)CC1=O. The number of ketones is 1. The van der Waals surface area contributed by atoms with Crippen LogP contribution in [0.4, 0.5) is 0 Å². The molecule has 0 N–H and O–H groups in total. The van der Waals surface area contributed by atoms with E-state index in [2.05, 4.69) is 25.1 Å². The predicted octanol–water partition coefficient (Wildman–Crippen LogP) is 3.86. The van der Waals surface area contributed by atoms with Gasteiger partial charge in [-0.25, -0.2) is 0 Å². The summed E-state index contributed by atoms with van der Waals surface area (Å²) in [5.41, 5.74) is 2.32. The van der Waals surface area contributed by atoms with E-state index in [-0.39, 0.29) is 0 Å². The van der Waals surface area contributed by atoms with Gasteiger partial charge in [-0.2, -0.15) is 0 Å². The second-order valence-electron chi connectivity index (χ2n) is 4.44. The van der Waals surface area contributed by atoms with Gasteiger partial charge >= 0.3 is 0 Å². The van der Waals surface area contributed by atoms with Crippen LogP contribution >= 0.6 is 0 Å². The maximum absolute atomic E-state index is 11.8. The molecule has 16 heavy (non-hydrogen) atoms. The summed E-state index contributed by atoms with van der Waals surface area (Å²) in [5.74, 6) is 0.669. The van der Waals surface area contributed by atoms with E-state index in [0.717, 1.165) is 24.8 Å². The zero-order valence-electron chi connectivity index (χ0n) is 9.78. The monoisotopic (exact) mass is 214 g/mol. The highest BCUT2D eigenvalue weighted by atomic mass is 16.1. The Morgan fingerprint density at radius 2 is 2.00 bits per heavy atom. The van der Waals surface area contributed by atoms with Gasteiger partial charge in [0.2, 0.25) is 0 Å². The molecule has 0 spiro atoms. The van der Waals surface area contributed by atoms with Crippen LogP contribution in [0, 0.1) is 0 Å². The molecule has 0 aromatic heterocycles. The van der Waals surface area contributed by atoms with Crippen molar-refractivity contribution < 1.29 is 4.79 Å². The molecule has 0 heterocycles. The molecule has 1 nitrogen and oxygen atoms in total. The van der Waals surface area contributed by atoms with Crippen molar-refractivity contribution in [2.75, 3.05) is 0 Å². The van der Waals surface area contributed by atoms with E-state index in [4.69, 9.17) is 0 Å².